The molecule has 1 aliphatic heterocycles. The molecule has 6 heteroatoms. The Morgan fingerprint density at radius 1 is 0.406 bits per heavy atom. The predicted molar refractivity (Wildman–Crippen MR) is 294 cm³/mol. The van der Waals surface area contributed by atoms with Crippen molar-refractivity contribution in [3.05, 3.63) is 242 Å². The Kier molecular flexibility index (Phi) is 9.86. The monoisotopic (exact) mass is 920 g/mol. The van der Waals surface area contributed by atoms with Gasteiger partial charge in [0.2, 0.25) is 0 Å². The molecule has 328 valence electrons. The van der Waals surface area contributed by atoms with Gasteiger partial charge in [-0.15, -0.1) is 22.7 Å². The van der Waals surface area contributed by atoms with E-state index in [1.165, 1.54) is 64.9 Å². The van der Waals surface area contributed by atoms with Crippen molar-refractivity contribution in [2.24, 2.45) is 0 Å². The highest BCUT2D eigenvalue weighted by molar-refractivity contribution is 7.22. The maximum Gasteiger partial charge on any atom is 0.124 e. The zero-order valence-electron chi connectivity index (χ0n) is 38.0. The summed E-state index contributed by atoms with van der Waals surface area (Å²) in [4.78, 5) is 14.7. The molecule has 4 nitrogen and oxygen atoms in total. The van der Waals surface area contributed by atoms with Crippen molar-refractivity contribution >= 4 is 88.0 Å². The van der Waals surface area contributed by atoms with Crippen LogP contribution in [0, 0.1) is 0 Å². The second kappa shape index (κ2) is 16.6. The standard InChI is InChI=1S/C63H44N4S2/c1-63(2)52-15-5-8-18-57(52)67(58-39-32-47(40-53(58)63)62-65-55-17-7-10-21-60(55)69-62)50-35-28-44(29-36-50)42-24-22-41(23-25-42)43-26-33-48(34-27-43)66(56-19-11-13-45-12-3-4-14-51(45)56)49-37-30-46(31-38-49)61-64-54-16-6-9-20-59(54)68-61/h3-40H,1-2H3. The molecule has 69 heavy (non-hydrogen) atoms. The van der Waals surface area contributed by atoms with Crippen LogP contribution in [0.1, 0.15) is 25.0 Å². The van der Waals surface area contributed by atoms with Gasteiger partial charge in [-0.1, -0.05) is 141 Å². The molecule has 0 unspecified atom stereocenters. The molecule has 0 saturated heterocycles. The van der Waals surface area contributed by atoms with Crippen molar-refractivity contribution in [2.45, 2.75) is 19.3 Å². The highest BCUT2D eigenvalue weighted by atomic mass is 32.1. The van der Waals surface area contributed by atoms with Gasteiger partial charge in [0, 0.05) is 39.0 Å². The van der Waals surface area contributed by atoms with Gasteiger partial charge in [0.15, 0.2) is 0 Å². The predicted octanol–water partition coefficient (Wildman–Crippen LogP) is 18.3. The molecule has 1 aliphatic rings. The summed E-state index contributed by atoms with van der Waals surface area (Å²) in [5.41, 5.74) is 18.3. The molecule has 12 aromatic rings. The van der Waals surface area contributed by atoms with Crippen molar-refractivity contribution in [1.29, 1.82) is 0 Å². The molecule has 10 aromatic carbocycles. The van der Waals surface area contributed by atoms with Crippen molar-refractivity contribution < 1.29 is 0 Å². The Morgan fingerprint density at radius 3 is 1.52 bits per heavy atom. The number of fused-ring (bicyclic) bond motifs is 5. The maximum atomic E-state index is 5.02. The summed E-state index contributed by atoms with van der Waals surface area (Å²) in [6.07, 6.45) is 0. The summed E-state index contributed by atoms with van der Waals surface area (Å²) in [6.45, 7) is 4.69. The summed E-state index contributed by atoms with van der Waals surface area (Å²) in [5, 5.41) is 4.49. The second-order valence-electron chi connectivity index (χ2n) is 18.2. The fourth-order valence-electron chi connectivity index (χ4n) is 10.2. The van der Waals surface area contributed by atoms with Gasteiger partial charge >= 0.3 is 0 Å². The summed E-state index contributed by atoms with van der Waals surface area (Å²) in [5.74, 6) is 0. The van der Waals surface area contributed by atoms with Crippen molar-refractivity contribution in [3.63, 3.8) is 0 Å². The first-order chi connectivity index (χ1) is 33.9. The topological polar surface area (TPSA) is 32.3 Å². The normalized spacial score (nSPS) is 12.9. The van der Waals surface area contributed by atoms with Gasteiger partial charge in [-0.05, 0) is 142 Å². The Balaban J connectivity index is 0.787. The van der Waals surface area contributed by atoms with Gasteiger partial charge in [-0.3, -0.25) is 0 Å². The molecule has 0 spiro atoms. The van der Waals surface area contributed by atoms with Crippen LogP contribution in [0.5, 0.6) is 0 Å². The van der Waals surface area contributed by atoms with E-state index in [4.69, 9.17) is 9.97 Å². The molecular formula is C63H44N4S2. The molecule has 0 radical (unpaired) electrons. The molecule has 0 N–H and O–H groups in total. The second-order valence-corrected chi connectivity index (χ2v) is 20.3. The first-order valence-corrected chi connectivity index (χ1v) is 25.0. The minimum Gasteiger partial charge on any atom is -0.310 e. The van der Waals surface area contributed by atoms with Crippen LogP contribution in [0.3, 0.4) is 0 Å². The number of hydrogen-bond acceptors (Lipinski definition) is 6. The number of aromatic nitrogens is 2. The lowest BCUT2D eigenvalue weighted by Gasteiger charge is -2.42. The van der Waals surface area contributed by atoms with Crippen LogP contribution in [-0.4, -0.2) is 9.97 Å². The molecular weight excluding hydrogens is 877 g/mol. The Bertz CT molecular complexity index is 3800. The molecule has 0 atom stereocenters. The maximum absolute atomic E-state index is 5.02. The fraction of sp³-hybridized carbons (Fsp3) is 0.0476. The highest BCUT2D eigenvalue weighted by Gasteiger charge is 2.37. The first kappa shape index (κ1) is 41.1. The lowest BCUT2D eigenvalue weighted by Crippen LogP contribution is -2.30. The van der Waals surface area contributed by atoms with E-state index in [-0.39, 0.29) is 5.41 Å². The fourth-order valence-corrected chi connectivity index (χ4v) is 12.1. The number of nitrogens with zero attached hydrogens (tertiary/aromatic N) is 4. The molecule has 0 fully saturated rings. The molecule has 13 rings (SSSR count). The SMILES string of the molecule is CC1(C)c2ccccc2N(c2ccc(-c3ccc(-c4ccc(N(c5ccc(-c6nc7ccccc7s6)cc5)c5cccc6ccccc56)cc4)cc3)cc2)c2ccc(-c3nc4ccccc4s3)cc21. The van der Waals surface area contributed by atoms with Crippen LogP contribution >= 0.6 is 22.7 Å². The molecule has 0 bridgehead atoms. The third-order valence-electron chi connectivity index (χ3n) is 13.7. The Hall–Kier alpha value is -8.16. The molecule has 0 amide bonds. The minimum atomic E-state index is -0.196. The Labute approximate surface area is 409 Å². The van der Waals surface area contributed by atoms with Gasteiger partial charge in [0.1, 0.15) is 10.0 Å². The lowest BCUT2D eigenvalue weighted by atomic mass is 9.73. The summed E-state index contributed by atoms with van der Waals surface area (Å²) >= 11 is 3.49. The zero-order chi connectivity index (χ0) is 46.1. The average molecular weight is 921 g/mol. The van der Waals surface area contributed by atoms with E-state index >= 15 is 0 Å². The smallest absolute Gasteiger partial charge is 0.124 e. The molecule has 0 aliphatic carbocycles. The van der Waals surface area contributed by atoms with Gasteiger partial charge in [-0.25, -0.2) is 9.97 Å². The molecule has 0 saturated carbocycles. The van der Waals surface area contributed by atoms with Crippen molar-refractivity contribution in [1.82, 2.24) is 9.97 Å². The van der Waals surface area contributed by atoms with Gasteiger partial charge in [0.05, 0.1) is 37.5 Å². The molecule has 3 heterocycles. The van der Waals surface area contributed by atoms with Crippen LogP contribution in [0.25, 0.3) is 74.6 Å². The van der Waals surface area contributed by atoms with E-state index in [0.717, 1.165) is 54.9 Å². The average Bonchev–Trinajstić information content (AvgIpc) is 4.05. The number of para-hydroxylation sites is 3. The number of thiazole rings is 2. The van der Waals surface area contributed by atoms with Crippen LogP contribution < -0.4 is 9.80 Å². The van der Waals surface area contributed by atoms with E-state index in [1.54, 1.807) is 22.7 Å². The van der Waals surface area contributed by atoms with Crippen LogP contribution in [-0.2, 0) is 5.41 Å². The van der Waals surface area contributed by atoms with Crippen molar-refractivity contribution in [2.75, 3.05) is 9.80 Å². The molecule has 2 aromatic heterocycles. The zero-order valence-corrected chi connectivity index (χ0v) is 39.7. The van der Waals surface area contributed by atoms with Crippen molar-refractivity contribution in [3.8, 4) is 43.4 Å². The quantitative estimate of drug-likeness (QED) is 0.152. The van der Waals surface area contributed by atoms with Gasteiger partial charge in [-0.2, -0.15) is 0 Å². The Morgan fingerprint density at radius 2 is 0.884 bits per heavy atom. The van der Waals surface area contributed by atoms with Gasteiger partial charge < -0.3 is 9.80 Å². The number of hydrogen-bond donors (Lipinski definition) is 0. The summed E-state index contributed by atoms with van der Waals surface area (Å²) in [7, 11) is 0. The van der Waals surface area contributed by atoms with E-state index < -0.39 is 0 Å². The van der Waals surface area contributed by atoms with Crippen LogP contribution in [0.4, 0.5) is 34.1 Å². The van der Waals surface area contributed by atoms with E-state index in [9.17, 15) is 0 Å². The van der Waals surface area contributed by atoms with Crippen LogP contribution in [0.15, 0.2) is 231 Å². The van der Waals surface area contributed by atoms with Crippen LogP contribution in [0.2, 0.25) is 0 Å². The highest BCUT2D eigenvalue weighted by Crippen LogP contribution is 2.53. The summed E-state index contributed by atoms with van der Waals surface area (Å²) < 4.78 is 2.41. The number of anilines is 6. The number of rotatable bonds is 8. The van der Waals surface area contributed by atoms with E-state index in [1.807, 2.05) is 6.07 Å². The summed E-state index contributed by atoms with van der Waals surface area (Å²) in [6, 6.07) is 83.4. The third-order valence-corrected chi connectivity index (χ3v) is 15.9. The third kappa shape index (κ3) is 7.19. The largest absolute Gasteiger partial charge is 0.310 e. The van der Waals surface area contributed by atoms with E-state index in [2.05, 4.69) is 248 Å². The van der Waals surface area contributed by atoms with Gasteiger partial charge in [0.25, 0.3) is 0 Å². The number of benzene rings is 10. The minimum absolute atomic E-state index is 0.196. The lowest BCUT2D eigenvalue weighted by molar-refractivity contribution is 0.632. The first-order valence-electron chi connectivity index (χ1n) is 23.4. The van der Waals surface area contributed by atoms with E-state index in [0.29, 0.717) is 0 Å².